The number of fused-ring (bicyclic) bond motifs is 14. The molecule has 4 heterocycles. The summed E-state index contributed by atoms with van der Waals surface area (Å²) < 4.78 is 6.96. The van der Waals surface area contributed by atoms with Crippen molar-refractivity contribution >= 4 is 87.4 Å². The minimum atomic E-state index is 0.605. The van der Waals surface area contributed by atoms with Gasteiger partial charge in [0.25, 0.3) is 0 Å². The molecule has 11 aromatic rings. The molecule has 7 aromatic carbocycles. The van der Waals surface area contributed by atoms with Gasteiger partial charge in [-0.2, -0.15) is 5.26 Å². The van der Waals surface area contributed by atoms with Crippen molar-refractivity contribution in [1.29, 1.82) is 5.26 Å². The summed E-state index contributed by atoms with van der Waals surface area (Å²) >= 11 is 0. The van der Waals surface area contributed by atoms with E-state index in [2.05, 4.69) is 167 Å². The Morgan fingerprint density at radius 3 is 1.47 bits per heavy atom. The molecule has 11 rings (SSSR count). The number of benzene rings is 7. The van der Waals surface area contributed by atoms with Crippen molar-refractivity contribution in [2.45, 2.75) is 27.7 Å². The molecule has 0 aliphatic carbocycles. The Morgan fingerprint density at radius 2 is 0.943 bits per heavy atom. The lowest BCUT2D eigenvalue weighted by molar-refractivity contribution is 1.12. The van der Waals surface area contributed by atoms with Gasteiger partial charge in [-0.1, -0.05) is 91.0 Å². The third-order valence-electron chi connectivity index (χ3n) is 11.7. The van der Waals surface area contributed by atoms with E-state index in [1.165, 1.54) is 0 Å². The Hall–Kier alpha value is -7.08. The Balaban J connectivity index is 1.40. The minimum absolute atomic E-state index is 0.605. The topological polar surface area (TPSA) is 42.4 Å². The van der Waals surface area contributed by atoms with Crippen LogP contribution in [0, 0.1) is 45.6 Å². The molecule has 5 heteroatoms. The van der Waals surface area contributed by atoms with Crippen LogP contribution in [0.1, 0.15) is 27.8 Å². The van der Waals surface area contributed by atoms with E-state index in [0.717, 1.165) is 115 Å². The normalized spacial score (nSPS) is 12.1. The average molecular weight is 678 g/mol. The number of aryl methyl sites for hydroxylation is 4. The smallest absolute Gasteiger partial charge is 0.213 e. The summed E-state index contributed by atoms with van der Waals surface area (Å²) in [4.78, 5) is 4.25. The van der Waals surface area contributed by atoms with Gasteiger partial charge in [0.15, 0.2) is 0 Å². The SMILES string of the molecule is [C-]#[N+]c1cc2c(c3cccc4c5c6c7ccccc7n(-c7c(C)cccc7C)c6c(C#N)cc5n2c43)c2c3ccccc3n(-c3c(C)cccc3C)c12. The number of nitriles is 1. The zero-order chi connectivity index (χ0) is 35.9. The summed E-state index contributed by atoms with van der Waals surface area (Å²) in [6, 6.07) is 43.3. The van der Waals surface area contributed by atoms with E-state index in [-0.39, 0.29) is 0 Å². The highest BCUT2D eigenvalue weighted by Gasteiger charge is 2.28. The average Bonchev–Trinajstić information content (AvgIpc) is 3.89. The summed E-state index contributed by atoms with van der Waals surface area (Å²) in [5, 5.41) is 19.9. The molecular weight excluding hydrogens is 647 g/mol. The summed E-state index contributed by atoms with van der Waals surface area (Å²) in [5.74, 6) is 0. The molecule has 0 atom stereocenters. The van der Waals surface area contributed by atoms with Gasteiger partial charge >= 0.3 is 0 Å². The van der Waals surface area contributed by atoms with Crippen molar-refractivity contribution in [3.8, 4) is 17.4 Å². The first kappa shape index (κ1) is 29.6. The van der Waals surface area contributed by atoms with Gasteiger partial charge in [0, 0.05) is 48.6 Å². The molecule has 0 fully saturated rings. The van der Waals surface area contributed by atoms with Gasteiger partial charge in [0.2, 0.25) is 5.69 Å². The fourth-order valence-corrected chi connectivity index (χ4v) is 9.70. The van der Waals surface area contributed by atoms with Crippen LogP contribution in [0.2, 0.25) is 0 Å². The maximum atomic E-state index is 11.0. The van der Waals surface area contributed by atoms with Gasteiger partial charge in [-0.3, -0.25) is 0 Å². The van der Waals surface area contributed by atoms with E-state index in [4.69, 9.17) is 6.57 Å². The Morgan fingerprint density at radius 1 is 0.491 bits per heavy atom. The van der Waals surface area contributed by atoms with E-state index in [1.54, 1.807) is 0 Å². The summed E-state index contributed by atoms with van der Waals surface area (Å²) in [7, 11) is 0. The first-order valence-corrected chi connectivity index (χ1v) is 18.0. The van der Waals surface area contributed by atoms with Crippen molar-refractivity contribution in [3.05, 3.63) is 154 Å². The molecular formula is C48H31N5. The van der Waals surface area contributed by atoms with Crippen LogP contribution in [0.15, 0.2) is 115 Å². The number of rotatable bonds is 2. The zero-order valence-corrected chi connectivity index (χ0v) is 29.7. The van der Waals surface area contributed by atoms with Crippen LogP contribution < -0.4 is 0 Å². The van der Waals surface area contributed by atoms with Crippen molar-refractivity contribution in [3.63, 3.8) is 0 Å². The number of hydrogen-bond donors (Lipinski definition) is 0. The van der Waals surface area contributed by atoms with Crippen molar-refractivity contribution in [2.75, 3.05) is 0 Å². The molecule has 0 saturated carbocycles. The van der Waals surface area contributed by atoms with Gasteiger partial charge in [-0.05, 0) is 74.2 Å². The number of hydrogen-bond acceptors (Lipinski definition) is 1. The lowest BCUT2D eigenvalue weighted by atomic mass is 9.99. The van der Waals surface area contributed by atoms with E-state index < -0.39 is 0 Å². The summed E-state index contributed by atoms with van der Waals surface area (Å²) in [6.07, 6.45) is 0. The lowest BCUT2D eigenvalue weighted by Crippen LogP contribution is -2.01. The molecule has 5 nitrogen and oxygen atoms in total. The standard InChI is InChI=1S/C48H31N5/c1-26-13-10-14-27(2)44(26)52-36-21-8-6-17-31(36)42-40-33-19-12-20-34-41-39(51(47(33)34)38(40)23-30(25-49)46(42)52)24-35(50-5)48-43(41)32-18-7-9-22-37(32)53(48)45-28(3)15-11-16-29(45)4/h6-24H,1-4H3. The molecule has 53 heavy (non-hydrogen) atoms. The van der Waals surface area contributed by atoms with Gasteiger partial charge in [0.05, 0.1) is 56.6 Å². The third kappa shape index (κ3) is 3.54. The van der Waals surface area contributed by atoms with Crippen LogP contribution in [-0.4, -0.2) is 13.5 Å². The largest absolute Gasteiger partial charge is 0.318 e. The van der Waals surface area contributed by atoms with Crippen molar-refractivity contribution in [1.82, 2.24) is 13.5 Å². The molecule has 0 saturated heterocycles. The predicted octanol–water partition coefficient (Wildman–Crippen LogP) is 12.7. The van der Waals surface area contributed by atoms with E-state index in [9.17, 15) is 5.26 Å². The molecule has 0 unspecified atom stereocenters. The molecule has 0 aliphatic rings. The van der Waals surface area contributed by atoms with Crippen LogP contribution >= 0.6 is 0 Å². The Labute approximate surface area is 304 Å². The summed E-state index contributed by atoms with van der Waals surface area (Å²) in [6.45, 7) is 17.2. The maximum Gasteiger partial charge on any atom is 0.213 e. The maximum absolute atomic E-state index is 11.0. The molecule has 0 N–H and O–H groups in total. The molecule has 0 spiro atoms. The molecule has 248 valence electrons. The Bertz CT molecular complexity index is 3250. The monoisotopic (exact) mass is 677 g/mol. The highest BCUT2D eigenvalue weighted by molar-refractivity contribution is 6.38. The van der Waals surface area contributed by atoms with Crippen molar-refractivity contribution < 1.29 is 0 Å². The lowest BCUT2D eigenvalue weighted by Gasteiger charge is -2.15. The van der Waals surface area contributed by atoms with Gasteiger partial charge in [-0.25, -0.2) is 4.85 Å². The highest BCUT2D eigenvalue weighted by atomic mass is 15.0. The minimum Gasteiger partial charge on any atom is -0.318 e. The van der Waals surface area contributed by atoms with Crippen LogP contribution in [0.5, 0.6) is 0 Å². The molecule has 0 aliphatic heterocycles. The molecule has 4 aromatic heterocycles. The highest BCUT2D eigenvalue weighted by Crippen LogP contribution is 2.51. The first-order valence-electron chi connectivity index (χ1n) is 18.0. The number of aromatic nitrogens is 3. The van der Waals surface area contributed by atoms with Crippen LogP contribution in [0.25, 0.3) is 97.9 Å². The van der Waals surface area contributed by atoms with Crippen molar-refractivity contribution in [2.24, 2.45) is 0 Å². The second kappa shape index (κ2) is 10.3. The van der Waals surface area contributed by atoms with E-state index >= 15 is 0 Å². The fourth-order valence-electron chi connectivity index (χ4n) is 9.70. The molecule has 0 bridgehead atoms. The van der Waals surface area contributed by atoms with Crippen LogP contribution in [0.4, 0.5) is 5.69 Å². The molecule has 0 radical (unpaired) electrons. The van der Waals surface area contributed by atoms with Gasteiger partial charge < -0.3 is 13.5 Å². The number of para-hydroxylation sites is 5. The second-order valence-corrected chi connectivity index (χ2v) is 14.5. The van der Waals surface area contributed by atoms with Crippen LogP contribution in [0.3, 0.4) is 0 Å². The number of nitrogens with zero attached hydrogens (tertiary/aromatic N) is 5. The van der Waals surface area contributed by atoms with E-state index in [1.807, 2.05) is 0 Å². The molecule has 0 amide bonds. The second-order valence-electron chi connectivity index (χ2n) is 14.5. The third-order valence-corrected chi connectivity index (χ3v) is 11.7. The van der Waals surface area contributed by atoms with Gasteiger partial charge in [0.1, 0.15) is 6.07 Å². The fraction of sp³-hybridized carbons (Fsp3) is 0.0833. The Kier molecular flexibility index (Phi) is 5.73. The van der Waals surface area contributed by atoms with E-state index in [0.29, 0.717) is 11.3 Å². The first-order chi connectivity index (χ1) is 25.9. The zero-order valence-electron chi connectivity index (χ0n) is 29.7. The quantitative estimate of drug-likeness (QED) is 0.168. The summed E-state index contributed by atoms with van der Waals surface area (Å²) in [5.41, 5.74) is 15.2. The predicted molar refractivity (Wildman–Crippen MR) is 220 cm³/mol. The van der Waals surface area contributed by atoms with Gasteiger partial charge in [-0.15, -0.1) is 0 Å². The van der Waals surface area contributed by atoms with Crippen LogP contribution in [-0.2, 0) is 0 Å².